The number of hydrogen-bond acceptors (Lipinski definition) is 6. The maximum absolute atomic E-state index is 12.6. The molecule has 4 rings (SSSR count). The van der Waals surface area contributed by atoms with Crippen LogP contribution in [0, 0.1) is 0 Å². The quantitative estimate of drug-likeness (QED) is 0.566. The van der Waals surface area contributed by atoms with Crippen LogP contribution in [-0.2, 0) is 13.7 Å². The molecule has 0 unspecified atom stereocenters. The molecule has 7 heteroatoms. The van der Waals surface area contributed by atoms with Crippen LogP contribution in [0.4, 0.5) is 0 Å². The summed E-state index contributed by atoms with van der Waals surface area (Å²) in [4.78, 5) is 20.7. The number of nitrogens with zero attached hydrogens (tertiary/aromatic N) is 4. The molecule has 4 heterocycles. The predicted octanol–water partition coefficient (Wildman–Crippen LogP) is 3.03. The third-order valence-electron chi connectivity index (χ3n) is 3.85. The number of hydrogen-bond donors (Lipinski definition) is 0. The molecule has 0 bridgehead atoms. The van der Waals surface area contributed by atoms with Gasteiger partial charge in [0.25, 0.3) is 5.56 Å². The number of pyridine rings is 2. The van der Waals surface area contributed by atoms with Gasteiger partial charge in [-0.1, -0.05) is 0 Å². The van der Waals surface area contributed by atoms with Gasteiger partial charge in [0.05, 0.1) is 5.39 Å². The molecule has 0 aliphatic carbocycles. The Morgan fingerprint density at radius 3 is 2.48 bits per heavy atom. The Morgan fingerprint density at radius 2 is 1.76 bits per heavy atom. The van der Waals surface area contributed by atoms with E-state index < -0.39 is 0 Å². The first-order valence-corrected chi connectivity index (χ1v) is 8.52. The molecule has 0 amide bonds. The molecule has 6 nitrogen and oxygen atoms in total. The maximum atomic E-state index is 12.6. The molecule has 0 fully saturated rings. The molecule has 0 N–H and O–H groups in total. The molecule has 4 aromatic rings. The summed E-state index contributed by atoms with van der Waals surface area (Å²) in [5.74, 6) is 0.458. The number of fused-ring (bicyclic) bond motifs is 1. The fourth-order valence-electron chi connectivity index (χ4n) is 2.59. The van der Waals surface area contributed by atoms with Crippen molar-refractivity contribution in [2.75, 3.05) is 0 Å². The summed E-state index contributed by atoms with van der Waals surface area (Å²) >= 11 is 1.46. The topological polar surface area (TPSA) is 69.9 Å². The Bertz CT molecular complexity index is 1070. The van der Waals surface area contributed by atoms with Crippen LogP contribution in [0.3, 0.4) is 0 Å². The zero-order valence-corrected chi connectivity index (χ0v) is 14.2. The van der Waals surface area contributed by atoms with Crippen LogP contribution in [0.2, 0.25) is 0 Å². The van der Waals surface area contributed by atoms with Crippen molar-refractivity contribution in [3.8, 4) is 17.0 Å². The van der Waals surface area contributed by atoms with Gasteiger partial charge in [-0.2, -0.15) is 0 Å². The molecule has 0 saturated heterocycles. The molecule has 0 saturated carbocycles. The van der Waals surface area contributed by atoms with E-state index in [4.69, 9.17) is 4.74 Å². The summed E-state index contributed by atoms with van der Waals surface area (Å²) in [5.41, 5.74) is 2.67. The van der Waals surface area contributed by atoms with Gasteiger partial charge in [0.1, 0.15) is 11.3 Å². The standard InChI is InChI=1S/C18H14N4O2S/c1-22-18(23)15-14(13-4-8-20-9-5-13)11-25-16(15)17(21-22)24-10-12-2-6-19-7-3-12/h2-9,11H,10H2,1H3. The number of aromatic nitrogens is 4. The predicted molar refractivity (Wildman–Crippen MR) is 96.7 cm³/mol. The fourth-order valence-corrected chi connectivity index (χ4v) is 3.59. The van der Waals surface area contributed by atoms with Crippen LogP contribution in [-0.4, -0.2) is 19.7 Å². The minimum absolute atomic E-state index is 0.140. The highest BCUT2D eigenvalue weighted by Crippen LogP contribution is 2.35. The van der Waals surface area contributed by atoms with Gasteiger partial charge in [0, 0.05) is 42.8 Å². The maximum Gasteiger partial charge on any atom is 0.276 e. The first kappa shape index (κ1) is 15.5. The zero-order valence-electron chi connectivity index (χ0n) is 13.4. The number of ether oxygens (including phenoxy) is 1. The highest BCUT2D eigenvalue weighted by molar-refractivity contribution is 7.18. The summed E-state index contributed by atoms with van der Waals surface area (Å²) in [5, 5.41) is 6.87. The molecule has 0 atom stereocenters. The summed E-state index contributed by atoms with van der Waals surface area (Å²) < 4.78 is 7.96. The van der Waals surface area contributed by atoms with Gasteiger partial charge in [-0.25, -0.2) is 4.68 Å². The smallest absolute Gasteiger partial charge is 0.276 e. The average molecular weight is 350 g/mol. The molecular formula is C18H14N4O2S. The van der Waals surface area contributed by atoms with Crippen molar-refractivity contribution in [1.29, 1.82) is 0 Å². The molecule has 0 radical (unpaired) electrons. The monoisotopic (exact) mass is 350 g/mol. The second-order valence-corrected chi connectivity index (χ2v) is 6.35. The lowest BCUT2D eigenvalue weighted by Crippen LogP contribution is -2.20. The van der Waals surface area contributed by atoms with Crippen molar-refractivity contribution in [2.45, 2.75) is 6.61 Å². The van der Waals surface area contributed by atoms with E-state index in [1.807, 2.05) is 29.6 Å². The van der Waals surface area contributed by atoms with Gasteiger partial charge in [-0.05, 0) is 35.4 Å². The molecule has 124 valence electrons. The summed E-state index contributed by atoms with van der Waals surface area (Å²) in [6.45, 7) is 0.366. The molecule has 0 spiro atoms. The number of aryl methyl sites for hydroxylation is 1. The molecular weight excluding hydrogens is 336 g/mol. The third kappa shape index (κ3) is 2.89. The Kier molecular flexibility index (Phi) is 3.99. The first-order chi connectivity index (χ1) is 12.2. The van der Waals surface area contributed by atoms with E-state index >= 15 is 0 Å². The molecule has 0 aliphatic rings. The van der Waals surface area contributed by atoms with E-state index in [-0.39, 0.29) is 5.56 Å². The van der Waals surface area contributed by atoms with Gasteiger partial charge in [-0.15, -0.1) is 16.4 Å². The number of rotatable bonds is 4. The summed E-state index contributed by atoms with van der Waals surface area (Å²) in [6.07, 6.45) is 6.86. The highest BCUT2D eigenvalue weighted by Gasteiger charge is 2.17. The SMILES string of the molecule is Cn1nc(OCc2ccncc2)c2scc(-c3ccncc3)c2c1=O. The first-order valence-electron chi connectivity index (χ1n) is 7.64. The van der Waals surface area contributed by atoms with Crippen molar-refractivity contribution in [3.63, 3.8) is 0 Å². The molecule has 0 aliphatic heterocycles. The van der Waals surface area contributed by atoms with Crippen molar-refractivity contribution in [1.82, 2.24) is 19.7 Å². The largest absolute Gasteiger partial charge is 0.471 e. The molecule has 25 heavy (non-hydrogen) atoms. The Balaban J connectivity index is 1.80. The van der Waals surface area contributed by atoms with E-state index in [2.05, 4.69) is 15.1 Å². The lowest BCUT2D eigenvalue weighted by molar-refractivity contribution is 0.290. The van der Waals surface area contributed by atoms with Crippen LogP contribution in [0.5, 0.6) is 5.88 Å². The van der Waals surface area contributed by atoms with Crippen LogP contribution < -0.4 is 10.3 Å². The second kappa shape index (κ2) is 6.45. The number of thiophene rings is 1. The van der Waals surface area contributed by atoms with E-state index in [9.17, 15) is 4.79 Å². The van der Waals surface area contributed by atoms with Gasteiger partial charge < -0.3 is 4.74 Å². The van der Waals surface area contributed by atoms with Gasteiger partial charge in [0.15, 0.2) is 0 Å². The molecule has 0 aromatic carbocycles. The van der Waals surface area contributed by atoms with E-state index in [0.717, 1.165) is 21.4 Å². The van der Waals surface area contributed by atoms with E-state index in [0.29, 0.717) is 17.9 Å². The van der Waals surface area contributed by atoms with Crippen molar-refractivity contribution >= 4 is 21.4 Å². The van der Waals surface area contributed by atoms with Crippen LogP contribution in [0.25, 0.3) is 21.2 Å². The zero-order chi connectivity index (χ0) is 17.2. The Labute approximate surface area is 147 Å². The minimum Gasteiger partial charge on any atom is -0.471 e. The van der Waals surface area contributed by atoms with Crippen LogP contribution >= 0.6 is 11.3 Å². The summed E-state index contributed by atoms with van der Waals surface area (Å²) in [6, 6.07) is 7.55. The second-order valence-electron chi connectivity index (χ2n) is 5.47. The lowest BCUT2D eigenvalue weighted by atomic mass is 10.1. The lowest BCUT2D eigenvalue weighted by Gasteiger charge is -2.08. The van der Waals surface area contributed by atoms with Gasteiger partial charge in [-0.3, -0.25) is 14.8 Å². The van der Waals surface area contributed by atoms with Crippen LogP contribution in [0.1, 0.15) is 5.56 Å². The Morgan fingerprint density at radius 1 is 1.08 bits per heavy atom. The fraction of sp³-hybridized carbons (Fsp3) is 0.111. The molecule has 4 aromatic heterocycles. The average Bonchev–Trinajstić information content (AvgIpc) is 3.11. The Hall–Kier alpha value is -3.06. The van der Waals surface area contributed by atoms with Gasteiger partial charge in [0.2, 0.25) is 5.88 Å². The van der Waals surface area contributed by atoms with Crippen molar-refractivity contribution in [3.05, 3.63) is 70.4 Å². The van der Waals surface area contributed by atoms with Crippen LogP contribution in [0.15, 0.2) is 59.2 Å². The van der Waals surface area contributed by atoms with E-state index in [1.54, 1.807) is 31.8 Å². The van der Waals surface area contributed by atoms with Crippen molar-refractivity contribution in [2.24, 2.45) is 7.05 Å². The normalized spacial score (nSPS) is 10.9. The van der Waals surface area contributed by atoms with E-state index in [1.165, 1.54) is 16.0 Å². The third-order valence-corrected chi connectivity index (χ3v) is 4.82. The highest BCUT2D eigenvalue weighted by atomic mass is 32.1. The van der Waals surface area contributed by atoms with Gasteiger partial charge >= 0.3 is 0 Å². The minimum atomic E-state index is -0.140. The van der Waals surface area contributed by atoms with Crippen molar-refractivity contribution < 1.29 is 4.74 Å². The summed E-state index contributed by atoms with van der Waals surface area (Å²) in [7, 11) is 1.63.